The van der Waals surface area contributed by atoms with Crippen LogP contribution in [0.15, 0.2) is 65.3 Å². The van der Waals surface area contributed by atoms with Crippen molar-refractivity contribution < 1.29 is 14.0 Å². The Morgan fingerprint density at radius 3 is 2.73 bits per heavy atom. The molecule has 2 aromatic carbocycles. The Balaban J connectivity index is 1.44. The van der Waals surface area contributed by atoms with Crippen LogP contribution in [0.5, 0.6) is 0 Å². The Labute approximate surface area is 179 Å². The lowest BCUT2D eigenvalue weighted by atomic mass is 10.1. The molecule has 1 aliphatic rings. The minimum Gasteiger partial charge on any atom is -0.467 e. The van der Waals surface area contributed by atoms with Crippen molar-refractivity contribution in [3.8, 4) is 0 Å². The zero-order chi connectivity index (χ0) is 21.1. The highest BCUT2D eigenvalue weighted by atomic mass is 35.5. The number of anilines is 2. The monoisotopic (exact) mass is 423 g/mol. The number of aryl methyl sites for hydroxylation is 1. The normalized spacial score (nSPS) is 13.6. The minimum absolute atomic E-state index is 0.214. The van der Waals surface area contributed by atoms with E-state index >= 15 is 0 Å². The van der Waals surface area contributed by atoms with Crippen molar-refractivity contribution in [2.75, 3.05) is 23.3 Å². The molecule has 2 N–H and O–H groups in total. The molecule has 6 nitrogen and oxygen atoms in total. The molecule has 1 atom stereocenters. The van der Waals surface area contributed by atoms with Crippen molar-refractivity contribution >= 4 is 34.8 Å². The maximum absolute atomic E-state index is 12.4. The van der Waals surface area contributed by atoms with E-state index in [2.05, 4.69) is 27.7 Å². The number of fused-ring (bicyclic) bond motifs is 1. The van der Waals surface area contributed by atoms with Crippen LogP contribution in [0.4, 0.5) is 11.4 Å². The number of nitrogens with zero attached hydrogens (tertiary/aromatic N) is 1. The van der Waals surface area contributed by atoms with E-state index in [0.717, 1.165) is 30.0 Å². The van der Waals surface area contributed by atoms with Gasteiger partial charge in [0, 0.05) is 29.5 Å². The SMILES string of the molecule is Cc1ccc(NC(=O)C(=O)NCC(c2ccco2)N2CCc3ccccc32)cc1Cl. The molecule has 30 heavy (non-hydrogen) atoms. The number of halogens is 1. The first-order valence-corrected chi connectivity index (χ1v) is 10.1. The summed E-state index contributed by atoms with van der Waals surface area (Å²) < 4.78 is 5.63. The molecule has 0 fully saturated rings. The van der Waals surface area contributed by atoms with E-state index in [-0.39, 0.29) is 12.6 Å². The van der Waals surface area contributed by atoms with Gasteiger partial charge in [0.15, 0.2) is 0 Å². The fraction of sp³-hybridized carbons (Fsp3) is 0.217. The number of carbonyl (C=O) groups is 2. The van der Waals surface area contributed by atoms with E-state index < -0.39 is 11.8 Å². The minimum atomic E-state index is -0.741. The topological polar surface area (TPSA) is 74.6 Å². The number of carbonyl (C=O) groups excluding carboxylic acids is 2. The fourth-order valence-corrected chi connectivity index (χ4v) is 3.84. The smallest absolute Gasteiger partial charge is 0.313 e. The van der Waals surface area contributed by atoms with Crippen LogP contribution >= 0.6 is 11.6 Å². The van der Waals surface area contributed by atoms with Gasteiger partial charge in [0.05, 0.1) is 6.26 Å². The molecular weight excluding hydrogens is 402 g/mol. The molecular formula is C23H22ClN3O3. The van der Waals surface area contributed by atoms with Gasteiger partial charge in [-0.05, 0) is 54.8 Å². The van der Waals surface area contributed by atoms with Gasteiger partial charge in [-0.3, -0.25) is 9.59 Å². The molecule has 4 rings (SSSR count). The van der Waals surface area contributed by atoms with Crippen LogP contribution in [0.25, 0.3) is 0 Å². The molecule has 2 heterocycles. The van der Waals surface area contributed by atoms with Crippen molar-refractivity contribution in [2.45, 2.75) is 19.4 Å². The number of rotatable bonds is 5. The highest BCUT2D eigenvalue weighted by Gasteiger charge is 2.29. The molecule has 1 unspecified atom stereocenters. The summed E-state index contributed by atoms with van der Waals surface area (Å²) in [6.45, 7) is 2.92. The van der Waals surface area contributed by atoms with E-state index in [1.165, 1.54) is 5.56 Å². The van der Waals surface area contributed by atoms with Crippen LogP contribution in [0.2, 0.25) is 5.02 Å². The van der Waals surface area contributed by atoms with Gasteiger partial charge in [-0.1, -0.05) is 35.9 Å². The van der Waals surface area contributed by atoms with Gasteiger partial charge in [-0.2, -0.15) is 0 Å². The summed E-state index contributed by atoms with van der Waals surface area (Å²) in [5.41, 5.74) is 3.74. The molecule has 7 heteroatoms. The van der Waals surface area contributed by atoms with Crippen LogP contribution in [0, 0.1) is 6.92 Å². The third kappa shape index (κ3) is 4.19. The Hall–Kier alpha value is -3.25. The Bertz CT molecular complexity index is 1070. The van der Waals surface area contributed by atoms with Gasteiger partial charge in [-0.15, -0.1) is 0 Å². The second-order valence-electron chi connectivity index (χ2n) is 7.23. The second-order valence-corrected chi connectivity index (χ2v) is 7.64. The zero-order valence-corrected chi connectivity index (χ0v) is 17.3. The Morgan fingerprint density at radius 1 is 1.13 bits per heavy atom. The molecule has 1 aliphatic heterocycles. The highest BCUT2D eigenvalue weighted by molar-refractivity contribution is 6.39. The summed E-state index contributed by atoms with van der Waals surface area (Å²) in [7, 11) is 0. The summed E-state index contributed by atoms with van der Waals surface area (Å²) in [6, 6.07) is 16.8. The summed E-state index contributed by atoms with van der Waals surface area (Å²) >= 11 is 6.08. The molecule has 0 aliphatic carbocycles. The predicted molar refractivity (Wildman–Crippen MR) is 117 cm³/mol. The van der Waals surface area contributed by atoms with Gasteiger partial charge in [0.2, 0.25) is 0 Å². The largest absolute Gasteiger partial charge is 0.467 e. The van der Waals surface area contributed by atoms with Gasteiger partial charge in [0.25, 0.3) is 0 Å². The Kier molecular flexibility index (Phi) is 5.77. The average molecular weight is 424 g/mol. The van der Waals surface area contributed by atoms with Crippen LogP contribution in [0.3, 0.4) is 0 Å². The number of para-hydroxylation sites is 1. The van der Waals surface area contributed by atoms with Gasteiger partial charge < -0.3 is 20.0 Å². The summed E-state index contributed by atoms with van der Waals surface area (Å²) in [6.07, 6.45) is 2.54. The summed E-state index contributed by atoms with van der Waals surface area (Å²) in [4.78, 5) is 27.0. The first-order valence-electron chi connectivity index (χ1n) is 9.76. The first kappa shape index (κ1) is 20.0. The van der Waals surface area contributed by atoms with Crippen molar-refractivity contribution in [2.24, 2.45) is 0 Å². The summed E-state index contributed by atoms with van der Waals surface area (Å²) in [5, 5.41) is 5.85. The number of nitrogens with one attached hydrogen (secondary N) is 2. The lowest BCUT2D eigenvalue weighted by molar-refractivity contribution is -0.136. The van der Waals surface area contributed by atoms with E-state index in [4.69, 9.17) is 16.0 Å². The first-order chi connectivity index (χ1) is 14.5. The number of benzene rings is 2. The van der Waals surface area contributed by atoms with E-state index in [0.29, 0.717) is 10.7 Å². The predicted octanol–water partition coefficient (Wildman–Crippen LogP) is 4.10. The number of hydrogen-bond donors (Lipinski definition) is 2. The molecule has 0 saturated heterocycles. The summed E-state index contributed by atoms with van der Waals surface area (Å²) in [5.74, 6) is -0.719. The van der Waals surface area contributed by atoms with E-state index in [1.807, 2.05) is 31.2 Å². The quantitative estimate of drug-likeness (QED) is 0.606. The fourth-order valence-electron chi connectivity index (χ4n) is 3.66. The number of hydrogen-bond acceptors (Lipinski definition) is 4. The van der Waals surface area contributed by atoms with Gasteiger partial charge in [0.1, 0.15) is 11.8 Å². The van der Waals surface area contributed by atoms with Crippen molar-refractivity contribution in [3.63, 3.8) is 0 Å². The second kappa shape index (κ2) is 8.63. The van der Waals surface area contributed by atoms with Crippen molar-refractivity contribution in [1.29, 1.82) is 0 Å². The van der Waals surface area contributed by atoms with Crippen LogP contribution < -0.4 is 15.5 Å². The molecule has 0 radical (unpaired) electrons. The van der Waals surface area contributed by atoms with Crippen molar-refractivity contribution in [1.82, 2.24) is 5.32 Å². The molecule has 2 amide bonds. The molecule has 0 saturated carbocycles. The van der Waals surface area contributed by atoms with Crippen molar-refractivity contribution in [3.05, 3.63) is 82.8 Å². The Morgan fingerprint density at radius 2 is 1.97 bits per heavy atom. The lowest BCUT2D eigenvalue weighted by Gasteiger charge is -2.29. The zero-order valence-electron chi connectivity index (χ0n) is 16.5. The van der Waals surface area contributed by atoms with Gasteiger partial charge in [-0.25, -0.2) is 0 Å². The standard InChI is InChI=1S/C23H22ClN3O3/c1-15-8-9-17(13-18(15)24)26-23(29)22(28)25-14-20(21-7-4-12-30-21)27-11-10-16-5-2-3-6-19(16)27/h2-9,12-13,20H,10-11,14H2,1H3,(H,25,28)(H,26,29). The number of furan rings is 1. The third-order valence-electron chi connectivity index (χ3n) is 5.26. The maximum atomic E-state index is 12.4. The van der Waals surface area contributed by atoms with Crippen LogP contribution in [0.1, 0.15) is 22.9 Å². The molecule has 1 aromatic heterocycles. The molecule has 154 valence electrons. The number of amides is 2. The van der Waals surface area contributed by atoms with E-state index in [1.54, 1.807) is 24.5 Å². The van der Waals surface area contributed by atoms with Gasteiger partial charge >= 0.3 is 11.8 Å². The molecule has 0 bridgehead atoms. The average Bonchev–Trinajstić information content (AvgIpc) is 3.42. The molecule has 0 spiro atoms. The highest BCUT2D eigenvalue weighted by Crippen LogP contribution is 2.34. The lowest BCUT2D eigenvalue weighted by Crippen LogP contribution is -2.41. The molecule has 3 aromatic rings. The van der Waals surface area contributed by atoms with Crippen LogP contribution in [-0.4, -0.2) is 24.9 Å². The third-order valence-corrected chi connectivity index (χ3v) is 5.67. The van der Waals surface area contributed by atoms with Crippen LogP contribution in [-0.2, 0) is 16.0 Å². The van der Waals surface area contributed by atoms with E-state index in [9.17, 15) is 9.59 Å². The maximum Gasteiger partial charge on any atom is 0.313 e.